The summed E-state index contributed by atoms with van der Waals surface area (Å²) >= 11 is 0. The Hall–Kier alpha value is -1.77. The van der Waals surface area contributed by atoms with Gasteiger partial charge in [0.25, 0.3) is 0 Å². The molecule has 1 aliphatic carbocycles. The fraction of sp³-hybridized carbons (Fsp3) is 0.500. The SMILES string of the molecule is CCc1cc(C=NC2CCCCCC2)[nH]c1-c1ccc[nH]1. The highest BCUT2D eigenvalue weighted by Crippen LogP contribution is 2.23. The van der Waals surface area contributed by atoms with Crippen LogP contribution >= 0.6 is 0 Å². The number of hydrogen-bond acceptors (Lipinski definition) is 1. The van der Waals surface area contributed by atoms with Gasteiger partial charge in [-0.05, 0) is 43.0 Å². The van der Waals surface area contributed by atoms with Gasteiger partial charge in [-0.15, -0.1) is 0 Å². The van der Waals surface area contributed by atoms with Gasteiger partial charge in [0.15, 0.2) is 0 Å². The standard InChI is InChI=1S/C18H25N3/c1-2-14-12-16(21-18(14)17-10-7-11-19-17)13-20-15-8-5-3-4-6-9-15/h7,10-13,15,19,21H,2-6,8-9H2,1H3. The van der Waals surface area contributed by atoms with Gasteiger partial charge in [0.1, 0.15) is 0 Å². The lowest BCUT2D eigenvalue weighted by Gasteiger charge is -2.06. The van der Waals surface area contributed by atoms with Crippen LogP contribution in [0.2, 0.25) is 0 Å². The molecule has 0 aromatic carbocycles. The molecule has 0 saturated heterocycles. The Kier molecular flexibility index (Phi) is 4.59. The predicted molar refractivity (Wildman–Crippen MR) is 89.0 cm³/mol. The average molecular weight is 283 g/mol. The Bertz CT molecular complexity index is 570. The molecule has 2 heterocycles. The zero-order chi connectivity index (χ0) is 14.5. The van der Waals surface area contributed by atoms with Crippen LogP contribution < -0.4 is 0 Å². The molecule has 21 heavy (non-hydrogen) atoms. The normalized spacial score (nSPS) is 17.4. The van der Waals surface area contributed by atoms with E-state index in [-0.39, 0.29) is 0 Å². The van der Waals surface area contributed by atoms with Crippen LogP contribution in [0.1, 0.15) is 56.7 Å². The number of hydrogen-bond donors (Lipinski definition) is 2. The van der Waals surface area contributed by atoms with E-state index in [4.69, 9.17) is 4.99 Å². The van der Waals surface area contributed by atoms with Crippen molar-refractivity contribution >= 4 is 6.21 Å². The molecule has 3 rings (SSSR count). The highest BCUT2D eigenvalue weighted by Gasteiger charge is 2.11. The van der Waals surface area contributed by atoms with Gasteiger partial charge in [-0.3, -0.25) is 4.99 Å². The summed E-state index contributed by atoms with van der Waals surface area (Å²) in [5.41, 5.74) is 4.83. The molecule has 112 valence electrons. The molecule has 1 saturated carbocycles. The number of aliphatic imine (C=N–C) groups is 1. The molecule has 0 aliphatic heterocycles. The van der Waals surface area contributed by atoms with Gasteiger partial charge in [0, 0.05) is 12.4 Å². The molecule has 1 fully saturated rings. The third kappa shape index (κ3) is 3.46. The molecule has 1 aliphatic rings. The molecular formula is C18H25N3. The largest absolute Gasteiger partial charge is 0.360 e. The van der Waals surface area contributed by atoms with Crippen molar-refractivity contribution in [3.63, 3.8) is 0 Å². The first-order valence-electron chi connectivity index (χ1n) is 8.25. The van der Waals surface area contributed by atoms with Crippen LogP contribution in [0.5, 0.6) is 0 Å². The molecule has 0 radical (unpaired) electrons. The summed E-state index contributed by atoms with van der Waals surface area (Å²) in [5, 5.41) is 0. The zero-order valence-electron chi connectivity index (χ0n) is 12.9. The summed E-state index contributed by atoms with van der Waals surface area (Å²) in [6.45, 7) is 2.20. The highest BCUT2D eigenvalue weighted by atomic mass is 14.8. The van der Waals surface area contributed by atoms with Crippen molar-refractivity contribution in [3.05, 3.63) is 35.7 Å². The number of rotatable bonds is 4. The number of aryl methyl sites for hydroxylation is 1. The predicted octanol–water partition coefficient (Wildman–Crippen LogP) is 4.71. The van der Waals surface area contributed by atoms with Gasteiger partial charge in [-0.25, -0.2) is 0 Å². The van der Waals surface area contributed by atoms with Crippen molar-refractivity contribution in [1.29, 1.82) is 0 Å². The van der Waals surface area contributed by atoms with Crippen molar-refractivity contribution in [2.24, 2.45) is 4.99 Å². The lowest BCUT2D eigenvalue weighted by atomic mass is 10.1. The molecule has 0 atom stereocenters. The molecule has 0 amide bonds. The third-order valence-electron chi connectivity index (χ3n) is 4.42. The quantitative estimate of drug-likeness (QED) is 0.603. The van der Waals surface area contributed by atoms with Gasteiger partial charge in [0.05, 0.1) is 23.1 Å². The van der Waals surface area contributed by atoms with Crippen LogP contribution in [0, 0.1) is 0 Å². The van der Waals surface area contributed by atoms with E-state index in [1.807, 2.05) is 18.5 Å². The third-order valence-corrected chi connectivity index (χ3v) is 4.42. The van der Waals surface area contributed by atoms with Crippen LogP contribution in [-0.4, -0.2) is 22.2 Å². The lowest BCUT2D eigenvalue weighted by molar-refractivity contribution is 0.588. The smallest absolute Gasteiger partial charge is 0.0656 e. The Morgan fingerprint density at radius 2 is 2.05 bits per heavy atom. The van der Waals surface area contributed by atoms with Crippen LogP contribution in [0.4, 0.5) is 0 Å². The van der Waals surface area contributed by atoms with Crippen molar-refractivity contribution in [2.45, 2.75) is 57.9 Å². The molecule has 0 unspecified atom stereocenters. The average Bonchev–Trinajstić information content (AvgIpc) is 3.09. The van der Waals surface area contributed by atoms with Crippen molar-refractivity contribution in [2.75, 3.05) is 0 Å². The molecule has 0 spiro atoms. The lowest BCUT2D eigenvalue weighted by Crippen LogP contribution is -2.02. The molecule has 2 aromatic rings. The summed E-state index contributed by atoms with van der Waals surface area (Å²) in [5.74, 6) is 0. The first-order valence-corrected chi connectivity index (χ1v) is 8.25. The zero-order valence-corrected chi connectivity index (χ0v) is 12.9. The molecule has 2 aromatic heterocycles. The summed E-state index contributed by atoms with van der Waals surface area (Å²) < 4.78 is 0. The second-order valence-electron chi connectivity index (χ2n) is 5.99. The first kappa shape index (κ1) is 14.2. The summed E-state index contributed by atoms with van der Waals surface area (Å²) in [7, 11) is 0. The van der Waals surface area contributed by atoms with E-state index in [9.17, 15) is 0 Å². The van der Waals surface area contributed by atoms with E-state index < -0.39 is 0 Å². The summed E-state index contributed by atoms with van der Waals surface area (Å²) in [6, 6.07) is 6.90. The fourth-order valence-electron chi connectivity index (χ4n) is 3.19. The highest BCUT2D eigenvalue weighted by molar-refractivity contribution is 5.80. The van der Waals surface area contributed by atoms with E-state index in [1.165, 1.54) is 49.8 Å². The monoisotopic (exact) mass is 283 g/mol. The molecule has 2 N–H and O–H groups in total. The number of aromatic amines is 2. The minimum atomic E-state index is 0.523. The van der Waals surface area contributed by atoms with Crippen LogP contribution in [0.15, 0.2) is 29.4 Å². The maximum atomic E-state index is 4.82. The molecular weight excluding hydrogens is 258 g/mol. The van der Waals surface area contributed by atoms with Gasteiger partial charge in [0.2, 0.25) is 0 Å². The second-order valence-corrected chi connectivity index (χ2v) is 5.99. The Morgan fingerprint density at radius 1 is 1.24 bits per heavy atom. The van der Waals surface area contributed by atoms with Crippen molar-refractivity contribution < 1.29 is 0 Å². The topological polar surface area (TPSA) is 43.9 Å². The van der Waals surface area contributed by atoms with Crippen LogP contribution in [0.25, 0.3) is 11.4 Å². The first-order chi connectivity index (χ1) is 10.4. The van der Waals surface area contributed by atoms with E-state index >= 15 is 0 Å². The Labute approximate surface area is 126 Å². The fourth-order valence-corrected chi connectivity index (χ4v) is 3.19. The minimum absolute atomic E-state index is 0.523. The van der Waals surface area contributed by atoms with E-state index in [0.717, 1.165) is 17.8 Å². The van der Waals surface area contributed by atoms with Crippen LogP contribution in [-0.2, 0) is 6.42 Å². The van der Waals surface area contributed by atoms with Gasteiger partial charge >= 0.3 is 0 Å². The Balaban J connectivity index is 1.76. The Morgan fingerprint density at radius 3 is 2.71 bits per heavy atom. The van der Waals surface area contributed by atoms with Crippen molar-refractivity contribution in [1.82, 2.24) is 9.97 Å². The van der Waals surface area contributed by atoms with Crippen LogP contribution in [0.3, 0.4) is 0 Å². The number of nitrogens with zero attached hydrogens (tertiary/aromatic N) is 1. The number of nitrogens with one attached hydrogen (secondary N) is 2. The summed E-state index contributed by atoms with van der Waals surface area (Å²) in [4.78, 5) is 11.6. The molecule has 0 bridgehead atoms. The van der Waals surface area contributed by atoms with E-state index in [2.05, 4.69) is 29.0 Å². The van der Waals surface area contributed by atoms with Gasteiger partial charge in [-0.1, -0.05) is 32.6 Å². The number of H-pyrrole nitrogens is 2. The minimum Gasteiger partial charge on any atom is -0.360 e. The maximum absolute atomic E-state index is 4.82. The maximum Gasteiger partial charge on any atom is 0.0656 e. The second kappa shape index (κ2) is 6.79. The van der Waals surface area contributed by atoms with E-state index in [1.54, 1.807) is 0 Å². The molecule has 3 heteroatoms. The number of aromatic nitrogens is 2. The van der Waals surface area contributed by atoms with Gasteiger partial charge in [-0.2, -0.15) is 0 Å². The summed E-state index contributed by atoms with van der Waals surface area (Å²) in [6.07, 6.45) is 13.0. The van der Waals surface area contributed by atoms with Gasteiger partial charge < -0.3 is 9.97 Å². The van der Waals surface area contributed by atoms with E-state index in [0.29, 0.717) is 6.04 Å². The van der Waals surface area contributed by atoms with Crippen molar-refractivity contribution in [3.8, 4) is 11.4 Å². The molecule has 3 nitrogen and oxygen atoms in total.